The zero-order chi connectivity index (χ0) is 27.9. The first-order valence-corrected chi connectivity index (χ1v) is 12.0. The van der Waals surface area contributed by atoms with Gasteiger partial charge >= 0.3 is 11.9 Å². The Morgan fingerprint density at radius 2 is 1.63 bits per heavy atom. The summed E-state index contributed by atoms with van der Waals surface area (Å²) in [4.78, 5) is 17.4. The van der Waals surface area contributed by atoms with Crippen molar-refractivity contribution in [3.63, 3.8) is 0 Å². The Balaban J connectivity index is 1.84. The molecule has 0 saturated carbocycles. The highest BCUT2D eigenvalue weighted by Crippen LogP contribution is 2.31. The predicted molar refractivity (Wildman–Crippen MR) is 132 cm³/mol. The van der Waals surface area contributed by atoms with Crippen LogP contribution in [-0.4, -0.2) is 46.4 Å². The molecule has 0 saturated heterocycles. The molecule has 0 amide bonds. The van der Waals surface area contributed by atoms with E-state index in [9.17, 15) is 32.6 Å². The molecule has 38 heavy (non-hydrogen) atoms. The van der Waals surface area contributed by atoms with Crippen LogP contribution in [0.2, 0.25) is 15.2 Å². The minimum Gasteiger partial charge on any atom is -0.385 e. The molecular formula is C23H18Cl3F4N5O3. The van der Waals surface area contributed by atoms with Crippen molar-refractivity contribution >= 4 is 34.8 Å². The number of alkyl halides is 3. The molecule has 202 valence electrons. The molecule has 1 unspecified atom stereocenters. The number of halogens is 7. The number of aliphatic hydroxyl groups is 2. The fourth-order valence-electron chi connectivity index (χ4n) is 3.70. The van der Waals surface area contributed by atoms with Gasteiger partial charge in [-0.1, -0.05) is 46.9 Å². The van der Waals surface area contributed by atoms with Crippen molar-refractivity contribution in [2.24, 2.45) is 0 Å². The van der Waals surface area contributed by atoms with Crippen LogP contribution in [0, 0.1) is 5.82 Å². The Hall–Kier alpha value is -2.90. The lowest BCUT2D eigenvalue weighted by Crippen LogP contribution is -2.37. The highest BCUT2D eigenvalue weighted by atomic mass is 35.5. The molecule has 0 aliphatic rings. The maximum absolute atomic E-state index is 14.5. The molecule has 0 aliphatic carbocycles. The number of benzene rings is 2. The number of aliphatic hydroxyl groups excluding tert-OH is 2. The van der Waals surface area contributed by atoms with Gasteiger partial charge in [-0.05, 0) is 37.3 Å². The van der Waals surface area contributed by atoms with E-state index in [0.717, 1.165) is 15.3 Å². The highest BCUT2D eigenvalue weighted by Gasteiger charge is 2.39. The Kier molecular flexibility index (Phi) is 7.91. The highest BCUT2D eigenvalue weighted by molar-refractivity contribution is 6.32. The van der Waals surface area contributed by atoms with Gasteiger partial charge in [0, 0.05) is 15.6 Å². The summed E-state index contributed by atoms with van der Waals surface area (Å²) in [5, 5.41) is 24.3. The van der Waals surface area contributed by atoms with Gasteiger partial charge in [-0.25, -0.2) is 18.9 Å². The molecule has 4 aromatic rings. The lowest BCUT2D eigenvalue weighted by Gasteiger charge is -2.16. The standard InChI is InChI=1S/C23H18Cl3F4N5O3/c1-11(36)21-31-18(32-35(21)16-8-14(25)6-7-15(16)27)10-34-20(26)19(12-2-4-13(24)5-3-12)33(22(34)38)9-17(37)23(28,29)30/h2-8,11,17,36-37H,9-10H2,1H3/t11-,17?/m0/s1. The molecule has 0 radical (unpaired) electrons. The van der Waals surface area contributed by atoms with Crippen LogP contribution in [-0.2, 0) is 13.1 Å². The summed E-state index contributed by atoms with van der Waals surface area (Å²) in [6.45, 7) is -0.233. The Morgan fingerprint density at radius 3 is 2.24 bits per heavy atom. The van der Waals surface area contributed by atoms with Crippen molar-refractivity contribution in [2.45, 2.75) is 38.4 Å². The quantitative estimate of drug-likeness (QED) is 0.293. The molecular weight excluding hydrogens is 577 g/mol. The molecule has 2 heterocycles. The van der Waals surface area contributed by atoms with Gasteiger partial charge in [-0.15, -0.1) is 5.10 Å². The maximum Gasteiger partial charge on any atom is 0.416 e. The first-order chi connectivity index (χ1) is 17.8. The largest absolute Gasteiger partial charge is 0.416 e. The van der Waals surface area contributed by atoms with Crippen LogP contribution >= 0.6 is 34.8 Å². The van der Waals surface area contributed by atoms with Crippen LogP contribution in [0.15, 0.2) is 47.3 Å². The molecule has 0 spiro atoms. The maximum atomic E-state index is 14.5. The van der Waals surface area contributed by atoms with Crippen LogP contribution in [0.1, 0.15) is 24.7 Å². The smallest absolute Gasteiger partial charge is 0.385 e. The van der Waals surface area contributed by atoms with Gasteiger partial charge in [0.1, 0.15) is 22.8 Å². The monoisotopic (exact) mass is 593 g/mol. The number of hydrogen-bond acceptors (Lipinski definition) is 5. The fourth-order valence-corrected chi connectivity index (χ4v) is 4.34. The molecule has 0 aliphatic heterocycles. The van der Waals surface area contributed by atoms with E-state index in [-0.39, 0.29) is 38.8 Å². The van der Waals surface area contributed by atoms with E-state index in [1.165, 1.54) is 43.3 Å². The van der Waals surface area contributed by atoms with E-state index in [4.69, 9.17) is 34.8 Å². The van der Waals surface area contributed by atoms with Crippen LogP contribution < -0.4 is 5.69 Å². The van der Waals surface area contributed by atoms with Crippen LogP contribution in [0.25, 0.3) is 16.9 Å². The number of nitrogens with zero attached hydrogens (tertiary/aromatic N) is 5. The van der Waals surface area contributed by atoms with Gasteiger partial charge in [-0.3, -0.25) is 9.13 Å². The van der Waals surface area contributed by atoms with E-state index in [0.29, 0.717) is 9.59 Å². The number of imidazole rings is 1. The number of hydrogen-bond donors (Lipinski definition) is 2. The molecule has 4 rings (SSSR count). The van der Waals surface area contributed by atoms with Crippen molar-refractivity contribution in [3.05, 3.63) is 85.6 Å². The third kappa shape index (κ3) is 5.59. The second kappa shape index (κ2) is 10.7. The molecule has 15 heteroatoms. The number of rotatable bonds is 7. The lowest BCUT2D eigenvalue weighted by molar-refractivity contribution is -0.207. The summed E-state index contributed by atoms with van der Waals surface area (Å²) in [6.07, 6.45) is -9.08. The van der Waals surface area contributed by atoms with Gasteiger partial charge in [0.25, 0.3) is 0 Å². The van der Waals surface area contributed by atoms with Crippen molar-refractivity contribution in [1.82, 2.24) is 23.9 Å². The van der Waals surface area contributed by atoms with E-state index >= 15 is 0 Å². The predicted octanol–water partition coefficient (Wildman–Crippen LogP) is 5.02. The normalized spacial score (nSPS) is 13.6. The molecule has 0 fully saturated rings. The van der Waals surface area contributed by atoms with Crippen LogP contribution in [0.4, 0.5) is 17.6 Å². The molecule has 2 aromatic heterocycles. The zero-order valence-corrected chi connectivity index (χ0v) is 21.6. The first-order valence-electron chi connectivity index (χ1n) is 10.9. The van der Waals surface area contributed by atoms with Crippen molar-refractivity contribution in [3.8, 4) is 16.9 Å². The second-order valence-corrected chi connectivity index (χ2v) is 9.48. The van der Waals surface area contributed by atoms with Crippen molar-refractivity contribution in [1.29, 1.82) is 0 Å². The van der Waals surface area contributed by atoms with Gasteiger partial charge in [0.05, 0.1) is 18.8 Å². The van der Waals surface area contributed by atoms with Crippen LogP contribution in [0.3, 0.4) is 0 Å². The first kappa shape index (κ1) is 28.1. The molecule has 8 nitrogen and oxygen atoms in total. The summed E-state index contributed by atoms with van der Waals surface area (Å²) in [7, 11) is 0. The Morgan fingerprint density at radius 1 is 1.00 bits per heavy atom. The van der Waals surface area contributed by atoms with Crippen molar-refractivity contribution < 1.29 is 27.8 Å². The topological polar surface area (TPSA) is 98.1 Å². The summed E-state index contributed by atoms with van der Waals surface area (Å²) < 4.78 is 56.5. The molecule has 2 atom stereocenters. The fraction of sp³-hybridized carbons (Fsp3) is 0.261. The molecule has 0 bridgehead atoms. The summed E-state index contributed by atoms with van der Waals surface area (Å²) >= 11 is 18.4. The van der Waals surface area contributed by atoms with E-state index in [2.05, 4.69) is 10.1 Å². The lowest BCUT2D eigenvalue weighted by atomic mass is 10.1. The van der Waals surface area contributed by atoms with E-state index in [1.54, 1.807) is 0 Å². The second-order valence-electron chi connectivity index (χ2n) is 8.25. The third-order valence-electron chi connectivity index (χ3n) is 5.50. The Bertz CT molecular complexity index is 1530. The van der Waals surface area contributed by atoms with Gasteiger partial charge in [0.15, 0.2) is 17.8 Å². The summed E-state index contributed by atoms with van der Waals surface area (Å²) in [5.41, 5.74) is -0.966. The molecule has 2 N–H and O–H groups in total. The minimum atomic E-state index is -5.00. The van der Waals surface area contributed by atoms with E-state index in [1.807, 2.05) is 0 Å². The zero-order valence-electron chi connectivity index (χ0n) is 19.3. The summed E-state index contributed by atoms with van der Waals surface area (Å²) in [5.74, 6) is -0.920. The average Bonchev–Trinajstić information content (AvgIpc) is 3.36. The summed E-state index contributed by atoms with van der Waals surface area (Å²) in [6, 6.07) is 9.48. The molecule has 2 aromatic carbocycles. The number of aromatic nitrogens is 5. The van der Waals surface area contributed by atoms with Crippen LogP contribution in [0.5, 0.6) is 0 Å². The minimum absolute atomic E-state index is 0.0878. The van der Waals surface area contributed by atoms with Gasteiger partial charge < -0.3 is 10.2 Å². The van der Waals surface area contributed by atoms with Gasteiger partial charge in [0.2, 0.25) is 0 Å². The van der Waals surface area contributed by atoms with Gasteiger partial charge in [-0.2, -0.15) is 13.2 Å². The van der Waals surface area contributed by atoms with E-state index < -0.39 is 43.0 Å². The SMILES string of the molecule is C[C@H](O)c1nc(Cn2c(Cl)c(-c3ccc(Cl)cc3)n(CC(O)C(F)(F)F)c2=O)nn1-c1cc(Cl)ccc1F. The third-order valence-corrected chi connectivity index (χ3v) is 6.37. The Labute approximate surface area is 227 Å². The van der Waals surface area contributed by atoms with Crippen molar-refractivity contribution in [2.75, 3.05) is 0 Å². The average molecular weight is 595 g/mol.